The van der Waals surface area contributed by atoms with Crippen molar-refractivity contribution in [3.8, 4) is 17.1 Å². The molecule has 3 N–H and O–H groups in total. The fraction of sp³-hybridized carbons (Fsp3) is 0.0769. The van der Waals surface area contributed by atoms with E-state index in [1.54, 1.807) is 0 Å². The highest BCUT2D eigenvalue weighted by atomic mass is 19.1. The summed E-state index contributed by atoms with van der Waals surface area (Å²) in [6, 6.07) is 5.31. The summed E-state index contributed by atoms with van der Waals surface area (Å²) >= 11 is 0. The number of amides is 1. The van der Waals surface area contributed by atoms with Gasteiger partial charge in [0.15, 0.2) is 5.69 Å². The molecule has 0 bridgehead atoms. The van der Waals surface area contributed by atoms with Crippen molar-refractivity contribution >= 4 is 11.9 Å². The second kappa shape index (κ2) is 5.95. The summed E-state index contributed by atoms with van der Waals surface area (Å²) in [5, 5.41) is 20.1. The van der Waals surface area contributed by atoms with Gasteiger partial charge in [-0.1, -0.05) is 0 Å². The van der Waals surface area contributed by atoms with Crippen molar-refractivity contribution in [2.24, 2.45) is 0 Å². The molecule has 8 heteroatoms. The quantitative estimate of drug-likeness (QED) is 0.768. The Morgan fingerprint density at radius 1 is 1.24 bits per heavy atom. The zero-order valence-electron chi connectivity index (χ0n) is 10.6. The van der Waals surface area contributed by atoms with E-state index < -0.39 is 35.8 Å². The zero-order valence-corrected chi connectivity index (χ0v) is 10.6. The Morgan fingerprint density at radius 3 is 2.52 bits per heavy atom. The van der Waals surface area contributed by atoms with E-state index in [4.69, 9.17) is 5.11 Å². The lowest BCUT2D eigenvalue weighted by Gasteiger charge is -2.06. The number of rotatable bonds is 4. The van der Waals surface area contributed by atoms with Crippen LogP contribution in [0.4, 0.5) is 4.39 Å². The van der Waals surface area contributed by atoms with Gasteiger partial charge in [0.05, 0.1) is 11.9 Å². The van der Waals surface area contributed by atoms with Gasteiger partial charge in [-0.3, -0.25) is 9.59 Å². The van der Waals surface area contributed by atoms with Gasteiger partial charge in [-0.25, -0.2) is 14.4 Å². The Bertz CT molecular complexity index is 688. The van der Waals surface area contributed by atoms with Gasteiger partial charge in [0.2, 0.25) is 5.88 Å². The first-order valence-corrected chi connectivity index (χ1v) is 5.79. The maximum absolute atomic E-state index is 12.9. The molecule has 1 aromatic heterocycles. The molecular weight excluding hydrogens is 281 g/mol. The monoisotopic (exact) mass is 291 g/mol. The van der Waals surface area contributed by atoms with Crippen LogP contribution in [0.5, 0.6) is 5.88 Å². The van der Waals surface area contributed by atoms with Gasteiger partial charge in [-0.15, -0.1) is 0 Å². The van der Waals surface area contributed by atoms with E-state index >= 15 is 0 Å². The Hall–Kier alpha value is -3.03. The smallest absolute Gasteiger partial charge is 0.322 e. The molecule has 2 aromatic rings. The highest BCUT2D eigenvalue weighted by Gasteiger charge is 2.16. The number of nitrogens with one attached hydrogen (secondary N) is 1. The third-order valence-corrected chi connectivity index (χ3v) is 2.51. The number of hydrogen-bond acceptors (Lipinski definition) is 5. The molecule has 0 unspecified atom stereocenters. The summed E-state index contributed by atoms with van der Waals surface area (Å²) in [6.07, 6.45) is 1.22. The molecule has 1 heterocycles. The average molecular weight is 291 g/mol. The topological polar surface area (TPSA) is 112 Å². The van der Waals surface area contributed by atoms with Gasteiger partial charge in [0, 0.05) is 5.56 Å². The van der Waals surface area contributed by atoms with Gasteiger partial charge in [-0.05, 0) is 24.3 Å². The van der Waals surface area contributed by atoms with E-state index in [9.17, 15) is 19.1 Å². The van der Waals surface area contributed by atoms with Crippen LogP contribution in [-0.2, 0) is 4.79 Å². The van der Waals surface area contributed by atoms with Gasteiger partial charge in [0.25, 0.3) is 5.91 Å². The molecule has 108 valence electrons. The lowest BCUT2D eigenvalue weighted by molar-refractivity contribution is -0.135. The fourth-order valence-corrected chi connectivity index (χ4v) is 1.53. The summed E-state index contributed by atoms with van der Waals surface area (Å²) in [7, 11) is 0. The summed E-state index contributed by atoms with van der Waals surface area (Å²) in [6.45, 7) is -0.610. The van der Waals surface area contributed by atoms with Crippen LogP contribution in [0.25, 0.3) is 11.3 Å². The van der Waals surface area contributed by atoms with E-state index in [1.807, 2.05) is 0 Å². The first-order valence-electron chi connectivity index (χ1n) is 5.79. The Kier molecular flexibility index (Phi) is 4.07. The predicted octanol–water partition coefficient (Wildman–Crippen LogP) is 0.803. The number of halogens is 1. The molecule has 0 atom stereocenters. The lowest BCUT2D eigenvalue weighted by Crippen LogP contribution is -2.30. The number of carbonyl (C=O) groups is 2. The molecule has 21 heavy (non-hydrogen) atoms. The molecule has 0 aliphatic rings. The first kappa shape index (κ1) is 14.4. The molecule has 0 aliphatic heterocycles. The van der Waals surface area contributed by atoms with Crippen LogP contribution in [0.2, 0.25) is 0 Å². The largest absolute Gasteiger partial charge is 0.492 e. The maximum Gasteiger partial charge on any atom is 0.322 e. The van der Waals surface area contributed by atoms with Crippen molar-refractivity contribution in [1.29, 1.82) is 0 Å². The second-order valence-electron chi connectivity index (χ2n) is 4.01. The van der Waals surface area contributed by atoms with Crippen molar-refractivity contribution in [3.63, 3.8) is 0 Å². The highest BCUT2D eigenvalue weighted by Crippen LogP contribution is 2.20. The zero-order chi connectivity index (χ0) is 15.4. The van der Waals surface area contributed by atoms with Crippen molar-refractivity contribution in [2.75, 3.05) is 6.54 Å². The van der Waals surface area contributed by atoms with Crippen LogP contribution in [0, 0.1) is 5.82 Å². The molecule has 0 aliphatic carbocycles. The summed E-state index contributed by atoms with van der Waals surface area (Å²) in [5.74, 6) is -3.15. The number of aromatic hydroxyl groups is 1. The standard InChI is InChI=1S/C13H10FN3O4/c14-8-3-1-7(2-4-8)9-5-15-12(20)11(17-9)13(21)16-6-10(18)19/h1-5H,6H2,(H,15,20)(H,16,21)(H,18,19). The molecule has 1 aromatic carbocycles. The number of nitrogens with zero attached hydrogens (tertiary/aromatic N) is 2. The Balaban J connectivity index is 2.30. The lowest BCUT2D eigenvalue weighted by atomic mass is 10.1. The fourth-order valence-electron chi connectivity index (χ4n) is 1.53. The molecule has 2 rings (SSSR count). The SMILES string of the molecule is O=C(O)CNC(=O)c1nc(-c2ccc(F)cc2)cnc1O. The molecule has 0 fully saturated rings. The Morgan fingerprint density at radius 2 is 1.90 bits per heavy atom. The normalized spacial score (nSPS) is 10.1. The predicted molar refractivity (Wildman–Crippen MR) is 69.1 cm³/mol. The van der Waals surface area contributed by atoms with Gasteiger partial charge < -0.3 is 15.5 Å². The maximum atomic E-state index is 12.9. The van der Waals surface area contributed by atoms with Crippen LogP contribution >= 0.6 is 0 Å². The van der Waals surface area contributed by atoms with Crippen LogP contribution in [0.1, 0.15) is 10.5 Å². The van der Waals surface area contributed by atoms with E-state index in [-0.39, 0.29) is 5.69 Å². The van der Waals surface area contributed by atoms with E-state index in [0.717, 1.165) is 0 Å². The van der Waals surface area contributed by atoms with Gasteiger partial charge in [0.1, 0.15) is 12.4 Å². The molecule has 0 spiro atoms. The summed E-state index contributed by atoms with van der Waals surface area (Å²) in [4.78, 5) is 29.6. The summed E-state index contributed by atoms with van der Waals surface area (Å²) in [5.41, 5.74) is 0.336. The molecule has 1 amide bonds. The first-order chi connectivity index (χ1) is 9.97. The van der Waals surface area contributed by atoms with Crippen LogP contribution in [0.15, 0.2) is 30.5 Å². The number of carboxylic acids is 1. The molecule has 0 saturated heterocycles. The Labute approximate surface area is 118 Å². The number of aromatic nitrogens is 2. The minimum absolute atomic E-state index is 0.244. The van der Waals surface area contributed by atoms with Crippen molar-refractivity contribution in [3.05, 3.63) is 42.0 Å². The van der Waals surface area contributed by atoms with Crippen LogP contribution < -0.4 is 5.32 Å². The minimum atomic E-state index is -1.23. The van der Waals surface area contributed by atoms with Crippen LogP contribution in [0.3, 0.4) is 0 Å². The highest BCUT2D eigenvalue weighted by molar-refractivity contribution is 5.96. The number of carbonyl (C=O) groups excluding carboxylic acids is 1. The molecule has 0 radical (unpaired) electrons. The van der Waals surface area contributed by atoms with Crippen LogP contribution in [-0.4, -0.2) is 38.6 Å². The second-order valence-corrected chi connectivity index (χ2v) is 4.01. The number of carboxylic acid groups (broad SMARTS) is 1. The minimum Gasteiger partial charge on any atom is -0.492 e. The third kappa shape index (κ3) is 3.50. The summed E-state index contributed by atoms with van der Waals surface area (Å²) < 4.78 is 12.9. The molecular formula is C13H10FN3O4. The van der Waals surface area contributed by atoms with E-state index in [2.05, 4.69) is 15.3 Å². The average Bonchev–Trinajstić information content (AvgIpc) is 2.46. The van der Waals surface area contributed by atoms with Crippen molar-refractivity contribution < 1.29 is 24.2 Å². The number of hydrogen-bond donors (Lipinski definition) is 3. The van der Waals surface area contributed by atoms with Gasteiger partial charge >= 0.3 is 5.97 Å². The number of benzene rings is 1. The van der Waals surface area contributed by atoms with E-state index in [1.165, 1.54) is 30.5 Å². The van der Waals surface area contributed by atoms with Crippen molar-refractivity contribution in [2.45, 2.75) is 0 Å². The van der Waals surface area contributed by atoms with E-state index in [0.29, 0.717) is 5.56 Å². The van der Waals surface area contributed by atoms with Gasteiger partial charge in [-0.2, -0.15) is 0 Å². The molecule has 0 saturated carbocycles. The van der Waals surface area contributed by atoms with Crippen molar-refractivity contribution in [1.82, 2.24) is 15.3 Å². The molecule has 7 nitrogen and oxygen atoms in total. The number of aliphatic carboxylic acids is 1. The third-order valence-electron chi connectivity index (χ3n) is 2.51.